The van der Waals surface area contributed by atoms with E-state index in [4.69, 9.17) is 10.2 Å². The first kappa shape index (κ1) is 21.2. The minimum absolute atomic E-state index is 0.236. The van der Waals surface area contributed by atoms with Crippen LogP contribution in [-0.2, 0) is 11.8 Å². The standard InChI is InChI=1S/C20H20N6S.CHNO/c1-14-7-9-16(10-8-14)19-12-22-26(24-19)18-6-4-5-17(11-18)15(2)27-20-23-21-13-25(20)3;2-1-3/h4-13,15H,1-3H3;2H/t15-;/m0./s1. The topological polar surface area (TPSA) is 102 Å². The summed E-state index contributed by atoms with van der Waals surface area (Å²) in [6, 6.07) is 16.6. The maximum Gasteiger partial charge on any atom is 0.231 e. The molecule has 2 aromatic carbocycles. The Morgan fingerprint density at radius 2 is 1.90 bits per heavy atom. The molecule has 0 saturated carbocycles. The molecule has 1 atom stereocenters. The Hall–Kier alpha value is -3.55. The van der Waals surface area contributed by atoms with Crippen molar-refractivity contribution < 1.29 is 4.79 Å². The van der Waals surface area contributed by atoms with Crippen LogP contribution in [0, 0.1) is 12.3 Å². The number of isocyanates is 1. The van der Waals surface area contributed by atoms with Gasteiger partial charge in [0.25, 0.3) is 0 Å². The number of nitrogens with one attached hydrogen (secondary N) is 1. The summed E-state index contributed by atoms with van der Waals surface area (Å²) in [6.07, 6.45) is 4.26. The molecule has 30 heavy (non-hydrogen) atoms. The van der Waals surface area contributed by atoms with E-state index in [1.54, 1.807) is 29.1 Å². The third-order valence-electron chi connectivity index (χ3n) is 4.36. The molecular formula is C21H21N7OS. The molecule has 0 spiro atoms. The molecular weight excluding hydrogens is 398 g/mol. The molecule has 8 nitrogen and oxygen atoms in total. The number of rotatable bonds is 5. The summed E-state index contributed by atoms with van der Waals surface area (Å²) >= 11 is 1.68. The maximum atomic E-state index is 8.35. The fourth-order valence-electron chi connectivity index (χ4n) is 2.75. The molecule has 0 fully saturated rings. The quantitative estimate of drug-likeness (QED) is 0.296. The summed E-state index contributed by atoms with van der Waals surface area (Å²) in [4.78, 5) is 10.0. The van der Waals surface area contributed by atoms with Crippen molar-refractivity contribution in [2.45, 2.75) is 24.3 Å². The van der Waals surface area contributed by atoms with Crippen molar-refractivity contribution in [2.75, 3.05) is 0 Å². The van der Waals surface area contributed by atoms with Crippen molar-refractivity contribution in [3.05, 3.63) is 72.2 Å². The Bertz CT molecular complexity index is 1140. The fraction of sp³-hybridized carbons (Fsp3) is 0.190. The Balaban J connectivity index is 0.000000806. The number of aryl methyl sites for hydroxylation is 2. The molecule has 0 unspecified atom stereocenters. The molecule has 0 aliphatic carbocycles. The van der Waals surface area contributed by atoms with E-state index in [9.17, 15) is 0 Å². The summed E-state index contributed by atoms with van der Waals surface area (Å²) in [5.74, 6) is 0. The van der Waals surface area contributed by atoms with Crippen molar-refractivity contribution in [1.82, 2.24) is 29.8 Å². The van der Waals surface area contributed by atoms with Crippen molar-refractivity contribution in [1.29, 1.82) is 5.41 Å². The van der Waals surface area contributed by atoms with Gasteiger partial charge in [-0.2, -0.15) is 9.90 Å². The molecule has 4 aromatic rings. The predicted molar refractivity (Wildman–Crippen MR) is 115 cm³/mol. The number of hydrogen-bond donors (Lipinski definition) is 1. The third kappa shape index (κ3) is 5.08. The average Bonchev–Trinajstić information content (AvgIpc) is 3.39. The minimum Gasteiger partial charge on any atom is -0.312 e. The molecule has 2 heterocycles. The second-order valence-electron chi connectivity index (χ2n) is 6.57. The number of aromatic nitrogens is 6. The van der Waals surface area contributed by atoms with Gasteiger partial charge in [-0.15, -0.1) is 15.3 Å². The molecule has 0 aliphatic rings. The van der Waals surface area contributed by atoms with Crippen LogP contribution in [-0.4, -0.2) is 35.8 Å². The van der Waals surface area contributed by atoms with Crippen LogP contribution in [0.1, 0.15) is 23.3 Å². The van der Waals surface area contributed by atoms with Crippen LogP contribution in [0.25, 0.3) is 16.9 Å². The van der Waals surface area contributed by atoms with E-state index in [1.165, 1.54) is 11.1 Å². The van der Waals surface area contributed by atoms with Crippen LogP contribution >= 0.6 is 11.8 Å². The normalized spacial score (nSPS) is 11.3. The fourth-order valence-corrected chi connectivity index (χ4v) is 3.66. The Morgan fingerprint density at radius 1 is 1.17 bits per heavy atom. The van der Waals surface area contributed by atoms with Gasteiger partial charge >= 0.3 is 0 Å². The molecule has 0 amide bonds. The lowest BCUT2D eigenvalue weighted by Crippen LogP contribution is -2.01. The van der Waals surface area contributed by atoms with Crippen LogP contribution in [0.5, 0.6) is 0 Å². The van der Waals surface area contributed by atoms with Gasteiger partial charge in [0.05, 0.1) is 11.9 Å². The van der Waals surface area contributed by atoms with Crippen LogP contribution in [0.4, 0.5) is 0 Å². The lowest BCUT2D eigenvalue weighted by Gasteiger charge is -2.12. The van der Waals surface area contributed by atoms with Gasteiger partial charge < -0.3 is 4.57 Å². The summed E-state index contributed by atoms with van der Waals surface area (Å²) in [6.45, 7) is 4.24. The second-order valence-corrected chi connectivity index (χ2v) is 7.87. The smallest absolute Gasteiger partial charge is 0.231 e. The summed E-state index contributed by atoms with van der Waals surface area (Å²) in [7, 11) is 1.95. The monoisotopic (exact) mass is 419 g/mol. The molecule has 0 aliphatic heterocycles. The van der Waals surface area contributed by atoms with Gasteiger partial charge in [-0.25, -0.2) is 10.2 Å². The molecule has 2 aromatic heterocycles. The Morgan fingerprint density at radius 3 is 2.57 bits per heavy atom. The lowest BCUT2D eigenvalue weighted by atomic mass is 10.1. The van der Waals surface area contributed by atoms with E-state index in [2.05, 4.69) is 70.6 Å². The maximum absolute atomic E-state index is 8.35. The average molecular weight is 420 g/mol. The molecule has 4 rings (SSSR count). The Labute approximate surface area is 178 Å². The zero-order chi connectivity index (χ0) is 21.5. The molecule has 0 radical (unpaired) electrons. The molecule has 0 saturated heterocycles. The van der Waals surface area contributed by atoms with Crippen molar-refractivity contribution in [2.24, 2.45) is 7.05 Å². The van der Waals surface area contributed by atoms with Gasteiger partial charge in [-0.3, -0.25) is 0 Å². The van der Waals surface area contributed by atoms with Crippen LogP contribution in [0.15, 0.2) is 66.2 Å². The van der Waals surface area contributed by atoms with Crippen molar-refractivity contribution in [3.8, 4) is 16.9 Å². The molecule has 9 heteroatoms. The van der Waals surface area contributed by atoms with E-state index in [0.29, 0.717) is 0 Å². The van der Waals surface area contributed by atoms with Crippen molar-refractivity contribution in [3.63, 3.8) is 0 Å². The number of carbonyl (C=O) groups excluding carboxylic acids is 1. The summed E-state index contributed by atoms with van der Waals surface area (Å²) in [5.41, 5.74) is 5.29. The van der Waals surface area contributed by atoms with Gasteiger partial charge in [0.15, 0.2) is 5.16 Å². The van der Waals surface area contributed by atoms with Gasteiger partial charge in [-0.05, 0) is 31.5 Å². The summed E-state index contributed by atoms with van der Waals surface area (Å²) < 4.78 is 1.92. The van der Waals surface area contributed by atoms with E-state index >= 15 is 0 Å². The highest BCUT2D eigenvalue weighted by Gasteiger charge is 2.13. The molecule has 0 bridgehead atoms. The number of hydrogen-bond acceptors (Lipinski definition) is 7. The van der Waals surface area contributed by atoms with Crippen LogP contribution in [0.2, 0.25) is 0 Å². The number of thioether (sulfide) groups is 1. The van der Waals surface area contributed by atoms with Gasteiger partial charge in [0, 0.05) is 17.9 Å². The minimum atomic E-state index is 0.236. The van der Waals surface area contributed by atoms with Crippen LogP contribution in [0.3, 0.4) is 0 Å². The lowest BCUT2D eigenvalue weighted by molar-refractivity contribution is 0.563. The first-order valence-electron chi connectivity index (χ1n) is 9.16. The number of benzene rings is 2. The zero-order valence-electron chi connectivity index (χ0n) is 16.9. The van der Waals surface area contributed by atoms with E-state index in [0.717, 1.165) is 28.2 Å². The predicted octanol–water partition coefficient (Wildman–Crippen LogP) is 4.13. The Kier molecular flexibility index (Phi) is 6.90. The number of nitrogens with zero attached hydrogens (tertiary/aromatic N) is 6. The van der Waals surface area contributed by atoms with Crippen molar-refractivity contribution >= 4 is 17.8 Å². The van der Waals surface area contributed by atoms with E-state index in [1.807, 2.05) is 23.7 Å². The highest BCUT2D eigenvalue weighted by Crippen LogP contribution is 2.33. The van der Waals surface area contributed by atoms with Crippen LogP contribution < -0.4 is 0 Å². The first-order chi connectivity index (χ1) is 14.5. The summed E-state index contributed by atoms with van der Waals surface area (Å²) in [5, 5.41) is 23.7. The molecule has 1 N–H and O–H groups in total. The van der Waals surface area contributed by atoms with E-state index < -0.39 is 0 Å². The zero-order valence-corrected chi connectivity index (χ0v) is 17.7. The largest absolute Gasteiger partial charge is 0.312 e. The third-order valence-corrected chi connectivity index (χ3v) is 5.57. The van der Waals surface area contributed by atoms with Gasteiger partial charge in [0.1, 0.15) is 12.0 Å². The first-order valence-corrected chi connectivity index (χ1v) is 10.0. The second kappa shape index (κ2) is 9.78. The SMILES string of the molecule is Cc1ccc(-c2cnn(-c3cccc([C@H](C)Sc4nncn4C)c3)n2)cc1.N=C=O. The van der Waals surface area contributed by atoms with Gasteiger partial charge in [0.2, 0.25) is 6.08 Å². The van der Waals surface area contributed by atoms with E-state index in [-0.39, 0.29) is 5.25 Å². The highest BCUT2D eigenvalue weighted by molar-refractivity contribution is 7.99. The molecule has 152 valence electrons. The van der Waals surface area contributed by atoms with Gasteiger partial charge in [-0.1, -0.05) is 53.7 Å². The highest BCUT2D eigenvalue weighted by atomic mass is 32.2.